The van der Waals surface area contributed by atoms with E-state index in [1.165, 1.54) is 16.2 Å². The first-order chi connectivity index (χ1) is 11.0. The van der Waals surface area contributed by atoms with E-state index in [1.54, 1.807) is 20.2 Å². The summed E-state index contributed by atoms with van der Waals surface area (Å²) in [5.74, 6) is -1.20. The standard InChI is InChI=1S/C16H19N3O3S/c1-11(16(21)22)19(2)10-13(20)18-14(15-17-8-9-23-15)12-6-4-3-5-7-12/h3-9,11,14H,10H2,1-2H3,(H,18,20)(H,21,22). The molecule has 0 fully saturated rings. The molecule has 122 valence electrons. The van der Waals surface area contributed by atoms with E-state index in [0.717, 1.165) is 10.6 Å². The summed E-state index contributed by atoms with van der Waals surface area (Å²) in [5.41, 5.74) is 0.935. The van der Waals surface area contributed by atoms with E-state index in [9.17, 15) is 9.59 Å². The Balaban J connectivity index is 2.10. The van der Waals surface area contributed by atoms with Gasteiger partial charge in [0.05, 0.1) is 6.54 Å². The molecule has 2 unspecified atom stereocenters. The molecule has 2 N–H and O–H groups in total. The molecule has 0 saturated carbocycles. The van der Waals surface area contributed by atoms with Crippen LogP contribution in [0.25, 0.3) is 0 Å². The minimum atomic E-state index is -0.958. The Morgan fingerprint density at radius 1 is 1.35 bits per heavy atom. The summed E-state index contributed by atoms with van der Waals surface area (Å²) < 4.78 is 0. The second-order valence-corrected chi connectivity index (χ2v) is 6.14. The van der Waals surface area contributed by atoms with Gasteiger partial charge < -0.3 is 10.4 Å². The van der Waals surface area contributed by atoms with Crippen LogP contribution in [-0.2, 0) is 9.59 Å². The van der Waals surface area contributed by atoms with Crippen molar-refractivity contribution in [1.29, 1.82) is 0 Å². The van der Waals surface area contributed by atoms with Gasteiger partial charge in [-0.2, -0.15) is 0 Å². The minimum absolute atomic E-state index is 0.00216. The molecule has 1 aromatic heterocycles. The van der Waals surface area contributed by atoms with Gasteiger partial charge >= 0.3 is 5.97 Å². The van der Waals surface area contributed by atoms with Crippen LogP contribution in [0.2, 0.25) is 0 Å². The maximum atomic E-state index is 12.3. The zero-order chi connectivity index (χ0) is 16.8. The normalized spacial score (nSPS) is 13.5. The predicted octanol–water partition coefficient (Wildman–Crippen LogP) is 1.75. The van der Waals surface area contributed by atoms with Crippen LogP contribution >= 0.6 is 11.3 Å². The topological polar surface area (TPSA) is 82.5 Å². The number of aromatic nitrogens is 1. The molecule has 2 rings (SSSR count). The van der Waals surface area contributed by atoms with Gasteiger partial charge in [-0.25, -0.2) is 4.98 Å². The fraction of sp³-hybridized carbons (Fsp3) is 0.312. The maximum Gasteiger partial charge on any atom is 0.320 e. The molecule has 0 spiro atoms. The Morgan fingerprint density at radius 2 is 2.04 bits per heavy atom. The summed E-state index contributed by atoms with van der Waals surface area (Å²) in [7, 11) is 1.61. The molecule has 0 radical (unpaired) electrons. The quantitative estimate of drug-likeness (QED) is 0.807. The molecule has 6 nitrogen and oxygen atoms in total. The summed E-state index contributed by atoms with van der Waals surface area (Å²) in [4.78, 5) is 29.0. The molecular formula is C16H19N3O3S. The number of amides is 1. The monoisotopic (exact) mass is 333 g/mol. The highest BCUT2D eigenvalue weighted by molar-refractivity contribution is 7.09. The molecule has 1 aromatic carbocycles. The van der Waals surface area contributed by atoms with E-state index in [2.05, 4.69) is 10.3 Å². The van der Waals surface area contributed by atoms with Gasteiger partial charge in [0.15, 0.2) is 0 Å². The average molecular weight is 333 g/mol. The molecule has 0 bridgehead atoms. The van der Waals surface area contributed by atoms with Gasteiger partial charge in [0, 0.05) is 11.6 Å². The van der Waals surface area contributed by atoms with Gasteiger partial charge in [0.1, 0.15) is 17.1 Å². The van der Waals surface area contributed by atoms with Gasteiger partial charge in [0.25, 0.3) is 0 Å². The Hall–Kier alpha value is -2.25. The van der Waals surface area contributed by atoms with Crippen LogP contribution in [0.15, 0.2) is 41.9 Å². The summed E-state index contributed by atoms with van der Waals surface area (Å²) in [6.07, 6.45) is 1.70. The Bertz CT molecular complexity index is 646. The van der Waals surface area contributed by atoms with Crippen molar-refractivity contribution >= 4 is 23.2 Å². The number of carboxylic acid groups (broad SMARTS) is 1. The van der Waals surface area contributed by atoms with Gasteiger partial charge in [-0.05, 0) is 19.5 Å². The van der Waals surface area contributed by atoms with E-state index in [-0.39, 0.29) is 18.5 Å². The lowest BCUT2D eigenvalue weighted by atomic mass is 10.1. The fourth-order valence-electron chi connectivity index (χ4n) is 2.07. The second-order valence-electron chi connectivity index (χ2n) is 5.21. The van der Waals surface area contributed by atoms with E-state index in [0.29, 0.717) is 0 Å². The third-order valence-corrected chi connectivity index (χ3v) is 4.39. The largest absolute Gasteiger partial charge is 0.480 e. The Morgan fingerprint density at radius 3 is 2.61 bits per heavy atom. The van der Waals surface area contributed by atoms with E-state index in [4.69, 9.17) is 5.11 Å². The molecule has 0 aliphatic carbocycles. The zero-order valence-electron chi connectivity index (χ0n) is 13.0. The van der Waals surface area contributed by atoms with Crippen LogP contribution in [-0.4, -0.2) is 46.5 Å². The fourth-order valence-corrected chi connectivity index (χ4v) is 2.78. The number of hydrogen-bond acceptors (Lipinski definition) is 5. The third kappa shape index (κ3) is 4.61. The lowest BCUT2D eigenvalue weighted by Crippen LogP contribution is -2.43. The first kappa shape index (κ1) is 17.1. The summed E-state index contributed by atoms with van der Waals surface area (Å²) in [6.45, 7) is 1.55. The van der Waals surface area contributed by atoms with Gasteiger partial charge in [-0.3, -0.25) is 14.5 Å². The number of carboxylic acids is 1. The highest BCUT2D eigenvalue weighted by Crippen LogP contribution is 2.23. The van der Waals surface area contributed by atoms with E-state index < -0.39 is 12.0 Å². The van der Waals surface area contributed by atoms with Crippen molar-refractivity contribution in [3.63, 3.8) is 0 Å². The third-order valence-electron chi connectivity index (χ3n) is 3.55. The number of carbonyl (C=O) groups is 2. The van der Waals surface area contributed by atoms with Crippen LogP contribution in [0.5, 0.6) is 0 Å². The van der Waals surface area contributed by atoms with E-state index in [1.807, 2.05) is 35.7 Å². The molecule has 1 heterocycles. The highest BCUT2D eigenvalue weighted by Gasteiger charge is 2.23. The molecule has 7 heteroatoms. The van der Waals surface area contributed by atoms with Gasteiger partial charge in [0.2, 0.25) is 5.91 Å². The van der Waals surface area contributed by atoms with Crippen LogP contribution in [0.4, 0.5) is 0 Å². The van der Waals surface area contributed by atoms with Crippen molar-refractivity contribution in [2.45, 2.75) is 19.0 Å². The van der Waals surface area contributed by atoms with Crippen molar-refractivity contribution in [1.82, 2.24) is 15.2 Å². The van der Waals surface area contributed by atoms with E-state index >= 15 is 0 Å². The first-order valence-corrected chi connectivity index (χ1v) is 8.03. The maximum absolute atomic E-state index is 12.3. The zero-order valence-corrected chi connectivity index (χ0v) is 13.8. The summed E-state index contributed by atoms with van der Waals surface area (Å²) in [6, 6.07) is 8.51. The lowest BCUT2D eigenvalue weighted by molar-refractivity contribution is -0.142. The van der Waals surface area contributed by atoms with Crippen molar-refractivity contribution in [3.05, 3.63) is 52.5 Å². The number of aliphatic carboxylic acids is 1. The van der Waals surface area contributed by atoms with Crippen LogP contribution in [0.1, 0.15) is 23.5 Å². The van der Waals surface area contributed by atoms with Gasteiger partial charge in [-0.1, -0.05) is 30.3 Å². The summed E-state index contributed by atoms with van der Waals surface area (Å²) in [5, 5.41) is 14.6. The number of rotatable bonds is 7. The number of carbonyl (C=O) groups excluding carboxylic acids is 1. The van der Waals surface area contributed by atoms with Gasteiger partial charge in [-0.15, -0.1) is 11.3 Å². The molecule has 0 aliphatic heterocycles. The number of hydrogen-bond donors (Lipinski definition) is 2. The lowest BCUT2D eigenvalue weighted by Gasteiger charge is -2.23. The molecule has 0 saturated heterocycles. The number of likely N-dealkylation sites (N-methyl/N-ethyl adjacent to an activating group) is 1. The predicted molar refractivity (Wildman–Crippen MR) is 88.3 cm³/mol. The molecule has 0 aliphatic rings. The Labute approximate surface area is 138 Å². The Kier molecular flexibility index (Phi) is 5.84. The smallest absolute Gasteiger partial charge is 0.320 e. The molecule has 2 atom stereocenters. The number of nitrogens with zero attached hydrogens (tertiary/aromatic N) is 2. The summed E-state index contributed by atoms with van der Waals surface area (Å²) >= 11 is 1.46. The van der Waals surface area contributed by atoms with Crippen molar-refractivity contribution < 1.29 is 14.7 Å². The highest BCUT2D eigenvalue weighted by atomic mass is 32.1. The molecule has 2 aromatic rings. The molecular weight excluding hydrogens is 314 g/mol. The first-order valence-electron chi connectivity index (χ1n) is 7.15. The van der Waals surface area contributed by atoms with Crippen LogP contribution in [0, 0.1) is 0 Å². The minimum Gasteiger partial charge on any atom is -0.480 e. The molecule has 1 amide bonds. The number of thiazole rings is 1. The van der Waals surface area contributed by atoms with Crippen molar-refractivity contribution in [3.8, 4) is 0 Å². The van der Waals surface area contributed by atoms with Crippen LogP contribution in [0.3, 0.4) is 0 Å². The molecule has 23 heavy (non-hydrogen) atoms. The SMILES string of the molecule is CC(C(=O)O)N(C)CC(=O)NC(c1ccccc1)c1nccs1. The second kappa shape index (κ2) is 7.85. The van der Waals surface area contributed by atoms with Crippen molar-refractivity contribution in [2.75, 3.05) is 13.6 Å². The van der Waals surface area contributed by atoms with Crippen LogP contribution < -0.4 is 5.32 Å². The van der Waals surface area contributed by atoms with Crippen molar-refractivity contribution in [2.24, 2.45) is 0 Å². The average Bonchev–Trinajstić information content (AvgIpc) is 3.06. The number of nitrogens with one attached hydrogen (secondary N) is 1. The number of benzene rings is 1.